The third-order valence-corrected chi connectivity index (χ3v) is 8.98. The van der Waals surface area contributed by atoms with E-state index in [2.05, 4.69) is 142 Å². The molecule has 0 radical (unpaired) electrons. The number of aromatic amines is 3. The van der Waals surface area contributed by atoms with Crippen molar-refractivity contribution < 1.29 is 0 Å². The van der Waals surface area contributed by atoms with E-state index in [1.54, 1.807) is 0 Å². The number of aromatic nitrogens is 6. The van der Waals surface area contributed by atoms with E-state index in [9.17, 15) is 0 Å². The molecule has 6 nitrogen and oxygen atoms in total. The van der Waals surface area contributed by atoms with Crippen molar-refractivity contribution in [2.24, 2.45) is 0 Å². The molecule has 10 rings (SSSR count). The first-order valence-corrected chi connectivity index (χ1v) is 15.1. The maximum Gasteiger partial charge on any atom is 0.166 e. The van der Waals surface area contributed by atoms with Crippen LogP contribution in [0.1, 0.15) is 0 Å². The summed E-state index contributed by atoms with van der Waals surface area (Å²) in [6.07, 6.45) is 0. The van der Waals surface area contributed by atoms with E-state index in [-0.39, 0.29) is 0 Å². The molecular weight excluding hydrogens is 552 g/mol. The normalized spacial score (nSPS) is 12.0. The van der Waals surface area contributed by atoms with Crippen LogP contribution < -0.4 is 0 Å². The van der Waals surface area contributed by atoms with Crippen LogP contribution in [-0.2, 0) is 0 Å². The number of para-hydroxylation sites is 6. The van der Waals surface area contributed by atoms with Crippen molar-refractivity contribution in [3.05, 3.63) is 127 Å². The van der Waals surface area contributed by atoms with E-state index in [1.807, 2.05) is 0 Å². The minimum atomic E-state index is 0.619. The van der Waals surface area contributed by atoms with Crippen molar-refractivity contribution in [1.29, 1.82) is 0 Å². The second kappa shape index (κ2) is 9.11. The molecule has 4 heterocycles. The topological polar surface area (TPSA) is 86.0 Å². The number of H-pyrrole nitrogens is 3. The predicted octanol–water partition coefficient (Wildman–Crippen LogP) is 9.78. The largest absolute Gasteiger partial charge is 0.354 e. The fourth-order valence-corrected chi connectivity index (χ4v) is 6.92. The van der Waals surface area contributed by atoms with Gasteiger partial charge >= 0.3 is 0 Å². The number of rotatable bonds is 3. The van der Waals surface area contributed by atoms with Crippen LogP contribution in [0.25, 0.3) is 99.6 Å². The van der Waals surface area contributed by atoms with Gasteiger partial charge in [-0.3, -0.25) is 0 Å². The highest BCUT2D eigenvalue weighted by Crippen LogP contribution is 2.37. The standard InChI is InChI=1S/C39H24N6/c1-4-19-31-22(10-1)25-13-7-16-28(34(25)40-31)37-43-38(29-17-8-14-26-23-11-2-5-20-32(23)41-35(26)29)45-39(44-37)30-18-9-15-27-24-12-3-6-21-33(24)42-36(27)30/h1-21,40-42H. The summed E-state index contributed by atoms with van der Waals surface area (Å²) in [5, 5.41) is 6.95. The lowest BCUT2D eigenvalue weighted by Gasteiger charge is -2.10. The van der Waals surface area contributed by atoms with Crippen LogP contribution in [0, 0.1) is 0 Å². The average Bonchev–Trinajstić information content (AvgIpc) is 3.79. The number of nitrogens with one attached hydrogen (secondary N) is 3. The Hall–Kier alpha value is -6.27. The van der Waals surface area contributed by atoms with Gasteiger partial charge < -0.3 is 15.0 Å². The third kappa shape index (κ3) is 3.53. The Bertz CT molecular complexity index is 2460. The van der Waals surface area contributed by atoms with Gasteiger partial charge in [0, 0.05) is 65.6 Å². The lowest BCUT2D eigenvalue weighted by atomic mass is 10.1. The maximum atomic E-state index is 5.19. The third-order valence-electron chi connectivity index (χ3n) is 8.98. The molecule has 210 valence electrons. The van der Waals surface area contributed by atoms with Gasteiger partial charge in [-0.25, -0.2) is 15.0 Å². The zero-order valence-corrected chi connectivity index (χ0v) is 24.0. The Morgan fingerprint density at radius 3 is 0.911 bits per heavy atom. The zero-order valence-electron chi connectivity index (χ0n) is 24.0. The summed E-state index contributed by atoms with van der Waals surface area (Å²) >= 11 is 0. The molecule has 3 N–H and O–H groups in total. The highest BCUT2D eigenvalue weighted by Gasteiger charge is 2.20. The molecule has 4 aromatic heterocycles. The first-order valence-electron chi connectivity index (χ1n) is 15.1. The van der Waals surface area contributed by atoms with E-state index >= 15 is 0 Å². The lowest BCUT2D eigenvalue weighted by molar-refractivity contribution is 1.08. The smallest absolute Gasteiger partial charge is 0.166 e. The van der Waals surface area contributed by atoms with E-state index in [4.69, 9.17) is 15.0 Å². The van der Waals surface area contributed by atoms with Gasteiger partial charge in [-0.05, 0) is 36.4 Å². The summed E-state index contributed by atoms with van der Waals surface area (Å²) in [5.74, 6) is 1.86. The molecule has 0 saturated heterocycles. The Morgan fingerprint density at radius 2 is 0.578 bits per heavy atom. The van der Waals surface area contributed by atoms with Gasteiger partial charge in [-0.1, -0.05) is 91.0 Å². The van der Waals surface area contributed by atoms with Gasteiger partial charge in [0.05, 0.1) is 16.6 Å². The van der Waals surface area contributed by atoms with Crippen LogP contribution in [0.5, 0.6) is 0 Å². The van der Waals surface area contributed by atoms with Crippen LogP contribution in [-0.4, -0.2) is 29.9 Å². The van der Waals surface area contributed by atoms with Crippen LogP contribution in [0.2, 0.25) is 0 Å². The van der Waals surface area contributed by atoms with Gasteiger partial charge in [0.25, 0.3) is 0 Å². The first kappa shape index (κ1) is 24.2. The van der Waals surface area contributed by atoms with Crippen molar-refractivity contribution in [3.8, 4) is 34.2 Å². The Labute approximate surface area is 256 Å². The number of hydrogen-bond donors (Lipinski definition) is 3. The minimum absolute atomic E-state index is 0.619. The average molecular weight is 577 g/mol. The molecule has 6 heteroatoms. The van der Waals surface area contributed by atoms with E-state index in [1.165, 1.54) is 16.2 Å². The molecule has 0 bridgehead atoms. The fourth-order valence-electron chi connectivity index (χ4n) is 6.92. The monoisotopic (exact) mass is 576 g/mol. The maximum absolute atomic E-state index is 5.19. The van der Waals surface area contributed by atoms with Crippen LogP contribution in [0.4, 0.5) is 0 Å². The second-order valence-electron chi connectivity index (χ2n) is 11.5. The number of nitrogens with zero attached hydrogens (tertiary/aromatic N) is 3. The van der Waals surface area contributed by atoms with Gasteiger partial charge in [0.15, 0.2) is 17.5 Å². The van der Waals surface area contributed by atoms with E-state index in [0.717, 1.165) is 65.9 Å². The Kier molecular flexibility index (Phi) is 4.90. The molecule has 10 aromatic rings. The molecule has 0 spiro atoms. The number of fused-ring (bicyclic) bond motifs is 9. The van der Waals surface area contributed by atoms with Crippen molar-refractivity contribution in [3.63, 3.8) is 0 Å². The lowest BCUT2D eigenvalue weighted by Crippen LogP contribution is -2.01. The molecule has 0 aliphatic heterocycles. The van der Waals surface area contributed by atoms with Crippen LogP contribution in [0.15, 0.2) is 127 Å². The quantitative estimate of drug-likeness (QED) is 0.196. The molecule has 0 amide bonds. The van der Waals surface area contributed by atoms with Gasteiger partial charge in [-0.15, -0.1) is 0 Å². The van der Waals surface area contributed by atoms with Gasteiger partial charge in [0.1, 0.15) is 0 Å². The van der Waals surface area contributed by atoms with Gasteiger partial charge in [0.2, 0.25) is 0 Å². The fraction of sp³-hybridized carbons (Fsp3) is 0. The summed E-state index contributed by atoms with van der Waals surface area (Å²) in [5.41, 5.74) is 9.07. The summed E-state index contributed by atoms with van der Waals surface area (Å²) < 4.78 is 0. The minimum Gasteiger partial charge on any atom is -0.354 e. The molecule has 6 aromatic carbocycles. The number of hydrogen-bond acceptors (Lipinski definition) is 3. The summed E-state index contributed by atoms with van der Waals surface area (Å²) in [4.78, 5) is 26.5. The molecule has 0 saturated carbocycles. The highest BCUT2D eigenvalue weighted by atomic mass is 15.0. The molecule has 0 fully saturated rings. The van der Waals surface area contributed by atoms with E-state index < -0.39 is 0 Å². The van der Waals surface area contributed by atoms with Crippen LogP contribution in [0.3, 0.4) is 0 Å². The molecule has 0 atom stereocenters. The Balaban J connectivity index is 1.29. The Morgan fingerprint density at radius 1 is 0.289 bits per heavy atom. The van der Waals surface area contributed by atoms with E-state index in [0.29, 0.717) is 17.5 Å². The highest BCUT2D eigenvalue weighted by molar-refractivity contribution is 6.14. The first-order chi connectivity index (χ1) is 22.3. The molecule has 0 unspecified atom stereocenters. The zero-order chi connectivity index (χ0) is 29.5. The van der Waals surface area contributed by atoms with Crippen molar-refractivity contribution in [1.82, 2.24) is 29.9 Å². The predicted molar refractivity (Wildman–Crippen MR) is 184 cm³/mol. The van der Waals surface area contributed by atoms with Crippen LogP contribution >= 0.6 is 0 Å². The summed E-state index contributed by atoms with van der Waals surface area (Å²) in [7, 11) is 0. The molecule has 45 heavy (non-hydrogen) atoms. The van der Waals surface area contributed by atoms with Gasteiger partial charge in [-0.2, -0.15) is 0 Å². The summed E-state index contributed by atoms with van der Waals surface area (Å²) in [6, 6.07) is 44.1. The SMILES string of the molecule is c1ccc2c(c1)[nH]c1c(-c3nc(-c4cccc5c4[nH]c4ccccc45)nc(-c4cccc5c4[nH]c4ccccc45)n3)cccc12. The molecule has 0 aliphatic rings. The summed E-state index contributed by atoms with van der Waals surface area (Å²) in [6.45, 7) is 0. The second-order valence-corrected chi connectivity index (χ2v) is 11.5. The molecular formula is C39H24N6. The van der Waals surface area contributed by atoms with Crippen molar-refractivity contribution >= 4 is 65.4 Å². The van der Waals surface area contributed by atoms with Crippen molar-refractivity contribution in [2.75, 3.05) is 0 Å². The number of benzene rings is 6. The molecule has 0 aliphatic carbocycles. The van der Waals surface area contributed by atoms with Crippen molar-refractivity contribution in [2.45, 2.75) is 0 Å².